The van der Waals surface area contributed by atoms with E-state index in [0.717, 1.165) is 58.5 Å². The van der Waals surface area contributed by atoms with E-state index in [1.54, 1.807) is 13.0 Å². The molecule has 1 N–H and O–H groups in total. The largest absolute Gasteiger partial charge is 0.478 e. The van der Waals surface area contributed by atoms with E-state index in [1.807, 2.05) is 31.2 Å². The number of alkyl halides is 2. The van der Waals surface area contributed by atoms with Crippen LogP contribution in [-0.2, 0) is 24.1 Å². The fourth-order valence-electron chi connectivity index (χ4n) is 6.15. The molecule has 0 amide bonds. The van der Waals surface area contributed by atoms with E-state index in [-0.39, 0.29) is 24.4 Å². The van der Waals surface area contributed by atoms with Gasteiger partial charge in [0.05, 0.1) is 16.6 Å². The van der Waals surface area contributed by atoms with Crippen LogP contribution in [0.15, 0.2) is 30.3 Å². The normalized spacial score (nSPS) is 18.1. The van der Waals surface area contributed by atoms with E-state index in [1.165, 1.54) is 0 Å². The van der Waals surface area contributed by atoms with E-state index in [4.69, 9.17) is 9.72 Å². The smallest absolute Gasteiger partial charge is 0.336 e. The number of carboxylic acids is 1. The van der Waals surface area contributed by atoms with E-state index >= 15 is 0 Å². The molecule has 2 aromatic heterocycles. The summed E-state index contributed by atoms with van der Waals surface area (Å²) in [5.74, 6) is -2.94. The van der Waals surface area contributed by atoms with Crippen LogP contribution in [0.5, 0.6) is 0 Å². The van der Waals surface area contributed by atoms with Crippen molar-refractivity contribution in [2.45, 2.75) is 64.5 Å². The Kier molecular flexibility index (Phi) is 5.41. The molecule has 0 spiro atoms. The highest BCUT2D eigenvalue weighted by atomic mass is 19.3. The Labute approximate surface area is 207 Å². The second kappa shape index (κ2) is 8.40. The molecule has 1 fully saturated rings. The lowest BCUT2D eigenvalue weighted by Crippen LogP contribution is -2.26. The molecule has 0 unspecified atom stereocenters. The number of halogens is 2. The number of aromatic carboxylic acids is 1. The Bertz CT molecular complexity index is 1510. The van der Waals surface area contributed by atoms with Crippen LogP contribution in [0, 0.1) is 6.92 Å². The summed E-state index contributed by atoms with van der Waals surface area (Å²) >= 11 is 0. The molecule has 2 aromatic carbocycles. The molecule has 1 aliphatic carbocycles. The molecule has 1 saturated heterocycles. The van der Waals surface area contributed by atoms with Gasteiger partial charge >= 0.3 is 5.97 Å². The van der Waals surface area contributed by atoms with Crippen LogP contribution < -0.4 is 0 Å². The third-order valence-electron chi connectivity index (χ3n) is 7.93. The summed E-state index contributed by atoms with van der Waals surface area (Å²) < 4.78 is 38.9. The first kappa shape index (κ1) is 23.2. The van der Waals surface area contributed by atoms with Gasteiger partial charge in [0.1, 0.15) is 5.82 Å². The fraction of sp³-hybridized carbons (Fsp3) is 0.429. The number of nitrogens with zero attached hydrogens (tertiary/aromatic N) is 3. The molecule has 3 heterocycles. The van der Waals surface area contributed by atoms with Gasteiger partial charge in [-0.15, -0.1) is 0 Å². The minimum atomic E-state index is -2.70. The molecule has 6 rings (SSSR count). The highest BCUT2D eigenvalue weighted by Crippen LogP contribution is 2.41. The number of fused-ring (bicyclic) bond motifs is 4. The van der Waals surface area contributed by atoms with E-state index in [9.17, 15) is 18.7 Å². The zero-order valence-electron chi connectivity index (χ0n) is 20.5. The van der Waals surface area contributed by atoms with Gasteiger partial charge in [0.25, 0.3) is 5.92 Å². The maximum Gasteiger partial charge on any atom is 0.336 e. The fourth-order valence-corrected chi connectivity index (χ4v) is 6.15. The monoisotopic (exact) mass is 493 g/mol. The lowest BCUT2D eigenvalue weighted by atomic mass is 9.92. The van der Waals surface area contributed by atoms with E-state index in [0.29, 0.717) is 30.7 Å². The molecular weight excluding hydrogens is 464 g/mol. The summed E-state index contributed by atoms with van der Waals surface area (Å²) in [5.41, 5.74) is 5.99. The van der Waals surface area contributed by atoms with E-state index < -0.39 is 11.9 Å². The molecule has 0 saturated carbocycles. The molecule has 8 heteroatoms. The maximum atomic E-state index is 14.5. The Hall–Kier alpha value is -3.26. The average Bonchev–Trinajstić information content (AvgIpc) is 3.39. The summed E-state index contributed by atoms with van der Waals surface area (Å²) in [5, 5.41) is 10.5. The minimum Gasteiger partial charge on any atom is -0.478 e. The Morgan fingerprint density at radius 3 is 2.67 bits per heavy atom. The van der Waals surface area contributed by atoms with Gasteiger partial charge in [-0.3, -0.25) is 0 Å². The number of aryl methyl sites for hydroxylation is 2. The zero-order valence-corrected chi connectivity index (χ0v) is 20.5. The molecular formula is C28H29F2N3O3. The quantitative estimate of drug-likeness (QED) is 0.370. The third-order valence-corrected chi connectivity index (χ3v) is 7.93. The van der Waals surface area contributed by atoms with Gasteiger partial charge in [-0.2, -0.15) is 0 Å². The van der Waals surface area contributed by atoms with Crippen LogP contribution in [0.25, 0.3) is 33.3 Å². The van der Waals surface area contributed by atoms with Gasteiger partial charge in [0.2, 0.25) is 0 Å². The van der Waals surface area contributed by atoms with Crippen molar-refractivity contribution >= 4 is 27.9 Å². The Balaban J connectivity index is 1.60. The SMILES string of the molecule is CCn1c2c(c3cc(-c4nc5c(C)c(C(=O)O)ccc5n4C4CCOCC4)ccc31)CC(F)(F)CC2. The van der Waals surface area contributed by atoms with Crippen molar-refractivity contribution in [3.8, 4) is 11.4 Å². The number of ether oxygens (including phenoxy) is 1. The molecule has 36 heavy (non-hydrogen) atoms. The van der Waals surface area contributed by atoms with Gasteiger partial charge in [-0.1, -0.05) is 0 Å². The molecule has 1 aliphatic heterocycles. The van der Waals surface area contributed by atoms with Crippen LogP contribution in [0.4, 0.5) is 8.78 Å². The van der Waals surface area contributed by atoms with Gasteiger partial charge < -0.3 is 19.0 Å². The van der Waals surface area contributed by atoms with Gasteiger partial charge in [-0.05, 0) is 74.6 Å². The first-order chi connectivity index (χ1) is 17.3. The number of carboxylic acid groups (broad SMARTS) is 1. The van der Waals surface area contributed by atoms with Crippen molar-refractivity contribution in [3.63, 3.8) is 0 Å². The van der Waals surface area contributed by atoms with Crippen molar-refractivity contribution in [1.29, 1.82) is 0 Å². The van der Waals surface area contributed by atoms with Crippen LogP contribution in [-0.4, -0.2) is 44.3 Å². The average molecular weight is 494 g/mol. The van der Waals surface area contributed by atoms with Crippen LogP contribution in [0.2, 0.25) is 0 Å². The Morgan fingerprint density at radius 1 is 1.19 bits per heavy atom. The summed E-state index contributed by atoms with van der Waals surface area (Å²) in [6.07, 6.45) is 1.67. The van der Waals surface area contributed by atoms with Crippen molar-refractivity contribution in [1.82, 2.24) is 14.1 Å². The predicted octanol–water partition coefficient (Wildman–Crippen LogP) is 6.16. The second-order valence-electron chi connectivity index (χ2n) is 9.99. The van der Waals surface area contributed by atoms with Gasteiger partial charge in [-0.25, -0.2) is 18.6 Å². The number of aromatic nitrogens is 3. The second-order valence-corrected chi connectivity index (χ2v) is 9.99. The van der Waals surface area contributed by atoms with E-state index in [2.05, 4.69) is 9.13 Å². The molecule has 188 valence electrons. The highest BCUT2D eigenvalue weighted by molar-refractivity contribution is 5.97. The van der Waals surface area contributed by atoms with Gasteiger partial charge in [0, 0.05) is 60.8 Å². The topological polar surface area (TPSA) is 69.3 Å². The predicted molar refractivity (Wildman–Crippen MR) is 134 cm³/mol. The van der Waals surface area contributed by atoms with Crippen molar-refractivity contribution in [3.05, 3.63) is 52.7 Å². The van der Waals surface area contributed by atoms with Crippen molar-refractivity contribution in [2.24, 2.45) is 0 Å². The lowest BCUT2D eigenvalue weighted by Gasteiger charge is -2.26. The highest BCUT2D eigenvalue weighted by Gasteiger charge is 2.37. The molecule has 2 aliphatic rings. The van der Waals surface area contributed by atoms with Crippen molar-refractivity contribution < 1.29 is 23.4 Å². The molecule has 0 atom stereocenters. The summed E-state index contributed by atoms with van der Waals surface area (Å²) in [7, 11) is 0. The number of hydrogen-bond acceptors (Lipinski definition) is 3. The molecule has 0 radical (unpaired) electrons. The maximum absolute atomic E-state index is 14.5. The number of rotatable bonds is 4. The van der Waals surface area contributed by atoms with Crippen LogP contribution in [0.1, 0.15) is 59.4 Å². The number of hydrogen-bond donors (Lipinski definition) is 1. The van der Waals surface area contributed by atoms with Crippen LogP contribution in [0.3, 0.4) is 0 Å². The first-order valence-electron chi connectivity index (χ1n) is 12.6. The third kappa shape index (κ3) is 3.53. The molecule has 0 bridgehead atoms. The minimum absolute atomic E-state index is 0.117. The summed E-state index contributed by atoms with van der Waals surface area (Å²) in [6, 6.07) is 9.68. The summed E-state index contributed by atoms with van der Waals surface area (Å²) in [4.78, 5) is 16.8. The molecule has 6 nitrogen and oxygen atoms in total. The first-order valence-corrected chi connectivity index (χ1v) is 12.6. The number of benzene rings is 2. The van der Waals surface area contributed by atoms with Gasteiger partial charge in [0.15, 0.2) is 0 Å². The molecule has 4 aromatic rings. The van der Waals surface area contributed by atoms with Crippen LogP contribution >= 0.6 is 0 Å². The standard InChI is InChI=1S/C28H29F2N3O3/c1-3-32-22-6-4-17(14-20(22)21-15-28(29,30)11-8-23(21)32)26-31-25-16(2)19(27(34)35)5-7-24(25)33(26)18-9-12-36-13-10-18/h4-7,14,18H,3,8-13,15H2,1-2H3,(H,34,35). The number of imidazole rings is 1. The Morgan fingerprint density at radius 2 is 1.94 bits per heavy atom. The summed E-state index contributed by atoms with van der Waals surface area (Å²) in [6.45, 7) is 5.87. The zero-order chi connectivity index (χ0) is 25.2. The number of carbonyl (C=O) groups is 1. The van der Waals surface area contributed by atoms with Crippen molar-refractivity contribution in [2.75, 3.05) is 13.2 Å². The lowest BCUT2D eigenvalue weighted by molar-refractivity contribution is -0.0125.